The molecule has 0 spiro atoms. The average Bonchev–Trinajstić information content (AvgIpc) is 3.23. The van der Waals surface area contributed by atoms with Crippen molar-refractivity contribution in [1.29, 1.82) is 0 Å². The van der Waals surface area contributed by atoms with Crippen molar-refractivity contribution in [1.82, 2.24) is 14.8 Å². The molecule has 0 aliphatic carbocycles. The summed E-state index contributed by atoms with van der Waals surface area (Å²) in [5.74, 6) is 0.614. The van der Waals surface area contributed by atoms with Crippen LogP contribution in [0, 0.1) is 19.7 Å². The molecule has 6 nitrogen and oxygen atoms in total. The summed E-state index contributed by atoms with van der Waals surface area (Å²) >= 11 is 1.23. The van der Waals surface area contributed by atoms with E-state index in [-0.39, 0.29) is 11.7 Å². The van der Waals surface area contributed by atoms with Gasteiger partial charge in [0.05, 0.1) is 24.1 Å². The quantitative estimate of drug-likeness (QED) is 0.371. The Morgan fingerprint density at radius 2 is 1.82 bits per heavy atom. The van der Waals surface area contributed by atoms with Crippen molar-refractivity contribution in [2.75, 3.05) is 18.2 Å². The summed E-state index contributed by atoms with van der Waals surface area (Å²) in [6.45, 7) is 3.96. The van der Waals surface area contributed by atoms with Gasteiger partial charge in [-0.3, -0.25) is 9.36 Å². The van der Waals surface area contributed by atoms with Crippen molar-refractivity contribution in [3.05, 3.63) is 83.7 Å². The van der Waals surface area contributed by atoms with Crippen LogP contribution in [0.2, 0.25) is 0 Å². The second-order valence-corrected chi connectivity index (χ2v) is 8.42. The van der Waals surface area contributed by atoms with E-state index in [1.165, 1.54) is 17.8 Å². The van der Waals surface area contributed by atoms with Crippen LogP contribution in [0.15, 0.2) is 71.9 Å². The topological polar surface area (TPSA) is 69.0 Å². The molecule has 0 fully saturated rings. The number of aromatic nitrogens is 3. The van der Waals surface area contributed by atoms with E-state index in [9.17, 15) is 9.18 Å². The van der Waals surface area contributed by atoms with Crippen LogP contribution in [0.3, 0.4) is 0 Å². The van der Waals surface area contributed by atoms with Crippen molar-refractivity contribution in [3.8, 4) is 22.8 Å². The molecule has 4 rings (SSSR count). The number of carbonyl (C=O) groups excluding carboxylic acids is 1. The Morgan fingerprint density at radius 1 is 1.06 bits per heavy atom. The zero-order valence-corrected chi connectivity index (χ0v) is 19.3. The van der Waals surface area contributed by atoms with Gasteiger partial charge in [-0.15, -0.1) is 10.2 Å². The monoisotopic (exact) mass is 462 g/mol. The Morgan fingerprint density at radius 3 is 2.52 bits per heavy atom. The van der Waals surface area contributed by atoms with E-state index in [0.29, 0.717) is 22.3 Å². The van der Waals surface area contributed by atoms with Gasteiger partial charge in [-0.05, 0) is 61.9 Å². The van der Waals surface area contributed by atoms with E-state index in [2.05, 4.69) is 15.5 Å². The summed E-state index contributed by atoms with van der Waals surface area (Å²) in [5, 5.41) is 11.9. The van der Waals surface area contributed by atoms with Crippen molar-refractivity contribution in [3.63, 3.8) is 0 Å². The lowest BCUT2D eigenvalue weighted by atomic mass is 10.1. The number of benzene rings is 3. The standard InChI is InChI=1S/C25H23FN4O2S/c1-16-8-13-22(17(2)14-16)27-23(31)15-33-25-29-28-24(20-6-4-5-7-21(20)26)30(25)18-9-11-19(32-3)12-10-18/h4-14H,15H2,1-3H3,(H,27,31). The van der Waals surface area contributed by atoms with Crippen molar-refractivity contribution >= 4 is 23.4 Å². The lowest BCUT2D eigenvalue weighted by molar-refractivity contribution is -0.113. The van der Waals surface area contributed by atoms with Gasteiger partial charge in [-0.1, -0.05) is 41.6 Å². The van der Waals surface area contributed by atoms with Gasteiger partial charge in [-0.2, -0.15) is 0 Å². The Bertz CT molecular complexity index is 1290. The molecule has 168 valence electrons. The summed E-state index contributed by atoms with van der Waals surface area (Å²) < 4.78 is 21.5. The highest BCUT2D eigenvalue weighted by Gasteiger charge is 2.19. The number of ether oxygens (including phenoxy) is 1. The average molecular weight is 463 g/mol. The van der Waals surface area contributed by atoms with E-state index in [4.69, 9.17) is 4.74 Å². The highest BCUT2D eigenvalue weighted by atomic mass is 32.2. The fourth-order valence-electron chi connectivity index (χ4n) is 3.41. The molecule has 0 saturated carbocycles. The minimum atomic E-state index is -0.399. The molecule has 0 radical (unpaired) electrons. The van der Waals surface area contributed by atoms with Gasteiger partial charge in [0.1, 0.15) is 11.6 Å². The molecule has 1 amide bonds. The number of carbonyl (C=O) groups is 1. The number of nitrogens with zero attached hydrogens (tertiary/aromatic N) is 3. The predicted molar refractivity (Wildman–Crippen MR) is 129 cm³/mol. The van der Waals surface area contributed by atoms with Crippen LogP contribution >= 0.6 is 11.8 Å². The molecule has 0 bridgehead atoms. The van der Waals surface area contributed by atoms with Gasteiger partial charge >= 0.3 is 0 Å². The Hall–Kier alpha value is -3.65. The molecule has 33 heavy (non-hydrogen) atoms. The predicted octanol–water partition coefficient (Wildman–Crippen LogP) is 5.43. The Labute approximate surface area is 195 Å². The van der Waals surface area contributed by atoms with Crippen LogP contribution < -0.4 is 10.1 Å². The minimum absolute atomic E-state index is 0.124. The fourth-order valence-corrected chi connectivity index (χ4v) is 4.17. The SMILES string of the molecule is COc1ccc(-n2c(SCC(=O)Nc3ccc(C)cc3C)nnc2-c2ccccc2F)cc1. The first kappa shape index (κ1) is 22.5. The van der Waals surface area contributed by atoms with Crippen LogP contribution in [-0.2, 0) is 4.79 Å². The third-order valence-corrected chi connectivity index (χ3v) is 6.00. The first-order valence-corrected chi connectivity index (χ1v) is 11.3. The second-order valence-electron chi connectivity index (χ2n) is 7.47. The highest BCUT2D eigenvalue weighted by Crippen LogP contribution is 2.30. The van der Waals surface area contributed by atoms with E-state index in [1.54, 1.807) is 29.9 Å². The third kappa shape index (κ3) is 5.06. The molecule has 0 unspecified atom stereocenters. The number of thioether (sulfide) groups is 1. The van der Waals surface area contributed by atoms with Gasteiger partial charge in [0, 0.05) is 5.69 Å². The molecule has 0 aliphatic heterocycles. The number of halogens is 1. The number of nitrogens with one attached hydrogen (secondary N) is 1. The molecule has 8 heteroatoms. The largest absolute Gasteiger partial charge is 0.497 e. The molecule has 3 aromatic carbocycles. The second kappa shape index (κ2) is 9.87. The number of methoxy groups -OCH3 is 1. The summed E-state index contributed by atoms with van der Waals surface area (Å²) in [6, 6.07) is 19.6. The summed E-state index contributed by atoms with van der Waals surface area (Å²) in [5.41, 5.74) is 3.96. The molecule has 1 N–H and O–H groups in total. The normalized spacial score (nSPS) is 10.8. The molecule has 1 aromatic heterocycles. The van der Waals surface area contributed by atoms with Gasteiger partial charge in [0.15, 0.2) is 11.0 Å². The van der Waals surface area contributed by atoms with Crippen LogP contribution in [-0.4, -0.2) is 33.5 Å². The number of aryl methyl sites for hydroxylation is 2. The molecule has 0 saturated heterocycles. The van der Waals surface area contributed by atoms with Crippen LogP contribution in [0.4, 0.5) is 10.1 Å². The molecular weight excluding hydrogens is 439 g/mol. The lowest BCUT2D eigenvalue weighted by Gasteiger charge is -2.12. The summed E-state index contributed by atoms with van der Waals surface area (Å²) in [4.78, 5) is 12.6. The zero-order valence-electron chi connectivity index (χ0n) is 18.5. The fraction of sp³-hybridized carbons (Fsp3) is 0.160. The summed E-state index contributed by atoms with van der Waals surface area (Å²) in [6.07, 6.45) is 0. The lowest BCUT2D eigenvalue weighted by Crippen LogP contribution is -2.15. The van der Waals surface area contributed by atoms with E-state index < -0.39 is 5.82 Å². The molecule has 4 aromatic rings. The van der Waals surface area contributed by atoms with Gasteiger partial charge in [0.25, 0.3) is 0 Å². The molecule has 1 heterocycles. The Kier molecular flexibility index (Phi) is 6.74. The summed E-state index contributed by atoms with van der Waals surface area (Å²) in [7, 11) is 1.59. The minimum Gasteiger partial charge on any atom is -0.497 e. The maximum Gasteiger partial charge on any atom is 0.234 e. The van der Waals surface area contributed by atoms with E-state index in [1.807, 2.05) is 56.3 Å². The smallest absolute Gasteiger partial charge is 0.234 e. The molecule has 0 atom stereocenters. The first-order valence-electron chi connectivity index (χ1n) is 10.3. The maximum absolute atomic E-state index is 14.5. The van der Waals surface area contributed by atoms with Crippen LogP contribution in [0.1, 0.15) is 11.1 Å². The van der Waals surface area contributed by atoms with Crippen molar-refractivity contribution in [2.24, 2.45) is 0 Å². The Balaban J connectivity index is 1.62. The van der Waals surface area contributed by atoms with Crippen molar-refractivity contribution in [2.45, 2.75) is 19.0 Å². The van der Waals surface area contributed by atoms with E-state index in [0.717, 1.165) is 22.5 Å². The van der Waals surface area contributed by atoms with E-state index >= 15 is 0 Å². The number of hydrogen-bond acceptors (Lipinski definition) is 5. The molecular formula is C25H23FN4O2S. The van der Waals surface area contributed by atoms with Crippen molar-refractivity contribution < 1.29 is 13.9 Å². The highest BCUT2D eigenvalue weighted by molar-refractivity contribution is 7.99. The van der Waals surface area contributed by atoms with Crippen LogP contribution in [0.25, 0.3) is 17.1 Å². The van der Waals surface area contributed by atoms with Gasteiger partial charge < -0.3 is 10.1 Å². The first-order chi connectivity index (χ1) is 16.0. The number of anilines is 1. The third-order valence-electron chi connectivity index (χ3n) is 5.07. The molecule has 0 aliphatic rings. The number of amides is 1. The number of hydrogen-bond donors (Lipinski definition) is 1. The maximum atomic E-state index is 14.5. The van der Waals surface area contributed by atoms with Gasteiger partial charge in [-0.25, -0.2) is 4.39 Å². The van der Waals surface area contributed by atoms with Crippen LogP contribution in [0.5, 0.6) is 5.75 Å². The number of rotatable bonds is 7. The zero-order chi connectivity index (χ0) is 23.4. The van der Waals surface area contributed by atoms with Gasteiger partial charge in [0.2, 0.25) is 5.91 Å².